The van der Waals surface area contributed by atoms with Crippen LogP contribution in [0.2, 0.25) is 10.0 Å². The fraction of sp³-hybridized carbons (Fsp3) is 0.222. The van der Waals surface area contributed by atoms with E-state index in [0.29, 0.717) is 28.0 Å². The Morgan fingerprint density at radius 3 is 2.62 bits per heavy atom. The summed E-state index contributed by atoms with van der Waals surface area (Å²) in [6.07, 6.45) is 0.168. The molecule has 24 heavy (non-hydrogen) atoms. The van der Waals surface area contributed by atoms with E-state index in [0.717, 1.165) is 5.56 Å². The molecule has 0 bridgehead atoms. The second kappa shape index (κ2) is 6.83. The summed E-state index contributed by atoms with van der Waals surface area (Å²) >= 11 is 12.2. The molecule has 1 heterocycles. The molecule has 2 amide bonds. The Bertz CT molecular complexity index is 807. The highest BCUT2D eigenvalue weighted by atomic mass is 35.5. The Morgan fingerprint density at radius 2 is 1.92 bits per heavy atom. The number of nitrogens with one attached hydrogen (secondary N) is 1. The van der Waals surface area contributed by atoms with Gasteiger partial charge < -0.3 is 10.2 Å². The van der Waals surface area contributed by atoms with E-state index in [1.807, 2.05) is 19.1 Å². The van der Waals surface area contributed by atoms with Gasteiger partial charge >= 0.3 is 0 Å². The minimum Gasteiger partial charge on any atom is -0.324 e. The number of aryl methyl sites for hydroxylation is 1. The SMILES string of the molecule is Cc1ccc(N2C[C@H](C(=O)Nc3ccccc3Cl)CC2=O)cc1Cl. The molecule has 4 nitrogen and oxygen atoms in total. The minimum atomic E-state index is -0.422. The van der Waals surface area contributed by atoms with Crippen LogP contribution in [0, 0.1) is 12.8 Å². The van der Waals surface area contributed by atoms with E-state index in [9.17, 15) is 9.59 Å². The highest BCUT2D eigenvalue weighted by molar-refractivity contribution is 6.33. The molecule has 0 unspecified atom stereocenters. The Morgan fingerprint density at radius 1 is 1.17 bits per heavy atom. The van der Waals surface area contributed by atoms with Crippen LogP contribution < -0.4 is 10.2 Å². The molecule has 1 aliphatic heterocycles. The molecule has 0 aliphatic carbocycles. The van der Waals surface area contributed by atoms with Crippen LogP contribution in [0.3, 0.4) is 0 Å². The van der Waals surface area contributed by atoms with Gasteiger partial charge in [-0.2, -0.15) is 0 Å². The van der Waals surface area contributed by atoms with Crippen molar-refractivity contribution in [3.63, 3.8) is 0 Å². The fourth-order valence-corrected chi connectivity index (χ4v) is 3.04. The van der Waals surface area contributed by atoms with Gasteiger partial charge in [0.25, 0.3) is 0 Å². The molecule has 0 aromatic heterocycles. The smallest absolute Gasteiger partial charge is 0.229 e. The molecule has 1 aliphatic rings. The van der Waals surface area contributed by atoms with E-state index < -0.39 is 5.92 Å². The van der Waals surface area contributed by atoms with Crippen LogP contribution in [0.1, 0.15) is 12.0 Å². The average molecular weight is 363 g/mol. The van der Waals surface area contributed by atoms with Gasteiger partial charge in [0.1, 0.15) is 0 Å². The zero-order valence-electron chi connectivity index (χ0n) is 13.1. The lowest BCUT2D eigenvalue weighted by molar-refractivity contribution is -0.122. The van der Waals surface area contributed by atoms with Crippen LogP contribution in [0.5, 0.6) is 0 Å². The molecular weight excluding hydrogens is 347 g/mol. The lowest BCUT2D eigenvalue weighted by Crippen LogP contribution is -2.28. The van der Waals surface area contributed by atoms with Crippen LogP contribution in [0.4, 0.5) is 11.4 Å². The van der Waals surface area contributed by atoms with Crippen LogP contribution in [-0.4, -0.2) is 18.4 Å². The lowest BCUT2D eigenvalue weighted by atomic mass is 10.1. The van der Waals surface area contributed by atoms with Gasteiger partial charge in [0.05, 0.1) is 16.6 Å². The molecule has 0 spiro atoms. The Hall–Kier alpha value is -2.04. The average Bonchev–Trinajstić information content (AvgIpc) is 2.94. The number of para-hydroxylation sites is 1. The van der Waals surface area contributed by atoms with Crippen molar-refractivity contribution in [2.24, 2.45) is 5.92 Å². The summed E-state index contributed by atoms with van der Waals surface area (Å²) in [5, 5.41) is 3.86. The first-order valence-corrected chi connectivity index (χ1v) is 8.33. The monoisotopic (exact) mass is 362 g/mol. The Labute approximate surface area is 150 Å². The summed E-state index contributed by atoms with van der Waals surface area (Å²) < 4.78 is 0. The maximum atomic E-state index is 12.4. The molecule has 124 valence electrons. The first kappa shape index (κ1) is 16.8. The number of rotatable bonds is 3. The van der Waals surface area contributed by atoms with Crippen molar-refractivity contribution >= 4 is 46.4 Å². The van der Waals surface area contributed by atoms with E-state index in [1.165, 1.54) is 0 Å². The zero-order valence-corrected chi connectivity index (χ0v) is 14.6. The van der Waals surface area contributed by atoms with Crippen molar-refractivity contribution < 1.29 is 9.59 Å². The first-order valence-electron chi connectivity index (χ1n) is 7.57. The number of carbonyl (C=O) groups is 2. The number of carbonyl (C=O) groups excluding carboxylic acids is 2. The molecule has 1 atom stereocenters. The van der Waals surface area contributed by atoms with E-state index in [1.54, 1.807) is 35.2 Å². The topological polar surface area (TPSA) is 49.4 Å². The van der Waals surface area contributed by atoms with Crippen LogP contribution in [0.15, 0.2) is 42.5 Å². The summed E-state index contributed by atoms with van der Waals surface area (Å²) in [6.45, 7) is 2.23. The van der Waals surface area contributed by atoms with Crippen molar-refractivity contribution in [2.45, 2.75) is 13.3 Å². The molecule has 0 radical (unpaired) electrons. The highest BCUT2D eigenvalue weighted by Crippen LogP contribution is 2.30. The van der Waals surface area contributed by atoms with Crippen LogP contribution in [0.25, 0.3) is 0 Å². The summed E-state index contributed by atoms with van der Waals surface area (Å²) in [7, 11) is 0. The second-order valence-electron chi connectivity index (χ2n) is 5.81. The lowest BCUT2D eigenvalue weighted by Gasteiger charge is -2.17. The highest BCUT2D eigenvalue weighted by Gasteiger charge is 2.35. The maximum Gasteiger partial charge on any atom is 0.229 e. The van der Waals surface area contributed by atoms with Gasteiger partial charge in [-0.25, -0.2) is 0 Å². The second-order valence-corrected chi connectivity index (χ2v) is 6.62. The molecule has 1 saturated heterocycles. The third-order valence-electron chi connectivity index (χ3n) is 4.09. The number of benzene rings is 2. The van der Waals surface area contributed by atoms with Crippen molar-refractivity contribution in [1.82, 2.24) is 0 Å². The van der Waals surface area contributed by atoms with Crippen molar-refractivity contribution in [3.8, 4) is 0 Å². The Kier molecular flexibility index (Phi) is 4.78. The zero-order chi connectivity index (χ0) is 17.3. The molecule has 2 aromatic carbocycles. The summed E-state index contributed by atoms with van der Waals surface area (Å²) in [5.41, 5.74) is 2.21. The van der Waals surface area contributed by atoms with Gasteiger partial charge in [-0.15, -0.1) is 0 Å². The third-order valence-corrected chi connectivity index (χ3v) is 4.83. The van der Waals surface area contributed by atoms with Crippen LogP contribution in [-0.2, 0) is 9.59 Å². The number of anilines is 2. The van der Waals surface area contributed by atoms with Gasteiger partial charge in [-0.05, 0) is 36.8 Å². The number of amides is 2. The molecule has 1 fully saturated rings. The van der Waals surface area contributed by atoms with Gasteiger partial charge in [-0.3, -0.25) is 9.59 Å². The van der Waals surface area contributed by atoms with Crippen molar-refractivity contribution in [2.75, 3.05) is 16.8 Å². The predicted octanol–water partition coefficient (Wildman–Crippen LogP) is 4.29. The van der Waals surface area contributed by atoms with Gasteiger partial charge in [0.2, 0.25) is 11.8 Å². The van der Waals surface area contributed by atoms with E-state index in [4.69, 9.17) is 23.2 Å². The fourth-order valence-electron chi connectivity index (χ4n) is 2.68. The number of hydrogen-bond acceptors (Lipinski definition) is 2. The number of hydrogen-bond donors (Lipinski definition) is 1. The van der Waals surface area contributed by atoms with Gasteiger partial charge in [0.15, 0.2) is 0 Å². The summed E-state index contributed by atoms with van der Waals surface area (Å²) in [6, 6.07) is 12.5. The van der Waals surface area contributed by atoms with Crippen LogP contribution >= 0.6 is 23.2 Å². The van der Waals surface area contributed by atoms with E-state index in [2.05, 4.69) is 5.32 Å². The predicted molar refractivity (Wildman–Crippen MR) is 96.7 cm³/mol. The van der Waals surface area contributed by atoms with Crippen molar-refractivity contribution in [3.05, 3.63) is 58.1 Å². The maximum absolute atomic E-state index is 12.4. The van der Waals surface area contributed by atoms with E-state index in [-0.39, 0.29) is 18.2 Å². The largest absolute Gasteiger partial charge is 0.324 e. The summed E-state index contributed by atoms with van der Waals surface area (Å²) in [5.74, 6) is -0.722. The van der Waals surface area contributed by atoms with Gasteiger partial charge in [0, 0.05) is 23.7 Å². The quantitative estimate of drug-likeness (QED) is 0.884. The molecule has 0 saturated carbocycles. The molecular formula is C18H16Cl2N2O2. The third kappa shape index (κ3) is 3.40. The normalized spacial score (nSPS) is 17.2. The standard InChI is InChI=1S/C18H16Cl2N2O2/c1-11-6-7-13(9-15(11)20)22-10-12(8-17(22)23)18(24)21-16-5-3-2-4-14(16)19/h2-7,9,12H,8,10H2,1H3,(H,21,24)/t12-/m1/s1. The molecule has 3 rings (SSSR count). The molecule has 2 aromatic rings. The van der Waals surface area contributed by atoms with E-state index >= 15 is 0 Å². The Balaban J connectivity index is 1.73. The molecule has 6 heteroatoms. The number of nitrogens with zero attached hydrogens (tertiary/aromatic N) is 1. The first-order chi connectivity index (χ1) is 11.5. The minimum absolute atomic E-state index is 0.0887. The molecule has 1 N–H and O–H groups in total. The van der Waals surface area contributed by atoms with Crippen molar-refractivity contribution in [1.29, 1.82) is 0 Å². The number of halogens is 2. The van der Waals surface area contributed by atoms with Gasteiger partial charge in [-0.1, -0.05) is 41.4 Å². The summed E-state index contributed by atoms with van der Waals surface area (Å²) in [4.78, 5) is 26.3.